The molecule has 3 aliphatic rings. The van der Waals surface area contributed by atoms with Crippen molar-refractivity contribution >= 4 is 5.91 Å². The highest BCUT2D eigenvalue weighted by Gasteiger charge is 2.57. The Balaban J connectivity index is 1.74. The maximum Gasteiger partial charge on any atom is 0.239 e. The van der Waals surface area contributed by atoms with Crippen molar-refractivity contribution in [2.45, 2.75) is 38.3 Å². The Morgan fingerprint density at radius 1 is 1.43 bits per heavy atom. The number of carbonyl (C=O) groups excluding carboxylic acids is 1. The molecule has 1 saturated heterocycles. The quantitative estimate of drug-likeness (QED) is 0.664. The summed E-state index contributed by atoms with van der Waals surface area (Å²) in [6.45, 7) is 2.79. The van der Waals surface area contributed by atoms with Crippen LogP contribution in [0.4, 0.5) is 0 Å². The van der Waals surface area contributed by atoms with Crippen molar-refractivity contribution in [3.8, 4) is 0 Å². The maximum atomic E-state index is 11.7. The van der Waals surface area contributed by atoms with Crippen LogP contribution in [-0.2, 0) is 4.79 Å². The van der Waals surface area contributed by atoms with Crippen molar-refractivity contribution in [3.63, 3.8) is 0 Å². The number of likely N-dealkylation sites (tertiary alicyclic amines) is 1. The van der Waals surface area contributed by atoms with Gasteiger partial charge < -0.3 is 10.6 Å². The predicted molar refractivity (Wildman–Crippen MR) is 53.5 cm³/mol. The van der Waals surface area contributed by atoms with E-state index >= 15 is 0 Å². The molecule has 0 aromatic carbocycles. The molecule has 2 bridgehead atoms. The molecule has 0 aromatic heterocycles. The number of nitrogens with zero attached hydrogens (tertiary/aromatic N) is 1. The number of nitrogens with two attached hydrogens (primary N) is 1. The van der Waals surface area contributed by atoms with E-state index in [1.54, 1.807) is 6.92 Å². The highest BCUT2D eigenvalue weighted by molar-refractivity contribution is 5.82. The van der Waals surface area contributed by atoms with E-state index in [2.05, 4.69) is 0 Å². The van der Waals surface area contributed by atoms with Crippen molar-refractivity contribution in [2.24, 2.45) is 23.5 Å². The van der Waals surface area contributed by atoms with Gasteiger partial charge >= 0.3 is 0 Å². The van der Waals surface area contributed by atoms with Gasteiger partial charge in [0.1, 0.15) is 0 Å². The summed E-state index contributed by atoms with van der Waals surface area (Å²) < 4.78 is 0. The molecule has 3 fully saturated rings. The first-order valence-corrected chi connectivity index (χ1v) is 5.74. The molecule has 2 saturated carbocycles. The zero-order valence-corrected chi connectivity index (χ0v) is 8.65. The molecule has 2 N–H and O–H groups in total. The lowest BCUT2D eigenvalue weighted by Crippen LogP contribution is -2.63. The summed E-state index contributed by atoms with van der Waals surface area (Å²) in [4.78, 5) is 13.8. The zero-order valence-electron chi connectivity index (χ0n) is 8.65. The van der Waals surface area contributed by atoms with Gasteiger partial charge in [-0.2, -0.15) is 0 Å². The largest absolute Gasteiger partial charge is 0.337 e. The van der Waals surface area contributed by atoms with E-state index in [0.717, 1.165) is 24.3 Å². The lowest BCUT2D eigenvalue weighted by atomic mass is 9.76. The second-order valence-corrected chi connectivity index (χ2v) is 5.27. The first-order valence-electron chi connectivity index (χ1n) is 5.74. The van der Waals surface area contributed by atoms with Gasteiger partial charge in [0.25, 0.3) is 0 Å². The van der Waals surface area contributed by atoms with Crippen LogP contribution in [0, 0.1) is 17.8 Å². The van der Waals surface area contributed by atoms with Crippen molar-refractivity contribution in [2.75, 3.05) is 6.54 Å². The van der Waals surface area contributed by atoms with Crippen LogP contribution in [0.25, 0.3) is 0 Å². The minimum absolute atomic E-state index is 0.166. The fraction of sp³-hybridized carbons (Fsp3) is 0.909. The predicted octanol–water partition coefficient (Wildman–Crippen LogP) is 0.590. The van der Waals surface area contributed by atoms with Gasteiger partial charge in [0.05, 0.1) is 6.04 Å². The van der Waals surface area contributed by atoms with E-state index < -0.39 is 0 Å². The van der Waals surface area contributed by atoms with Gasteiger partial charge in [0.15, 0.2) is 0 Å². The summed E-state index contributed by atoms with van der Waals surface area (Å²) in [5.74, 6) is 2.74. The molecular weight excluding hydrogens is 176 g/mol. The first kappa shape index (κ1) is 8.72. The highest BCUT2D eigenvalue weighted by atomic mass is 16.2. The molecule has 4 unspecified atom stereocenters. The fourth-order valence-electron chi connectivity index (χ4n) is 3.83. The van der Waals surface area contributed by atoms with Crippen molar-refractivity contribution in [1.29, 1.82) is 0 Å². The standard InChI is InChI=1S/C11H18N2O/c1-6(12)11(14)13-5-9-7-2-3-8(4-7)10(9)13/h6-10H,2-5,12H2,1H3/t6-,7?,8?,9?,10?/m0/s1. The van der Waals surface area contributed by atoms with Crippen LogP contribution in [-0.4, -0.2) is 29.4 Å². The molecule has 1 amide bonds. The van der Waals surface area contributed by atoms with E-state index in [1.165, 1.54) is 19.3 Å². The average molecular weight is 194 g/mol. The maximum absolute atomic E-state index is 11.7. The van der Waals surface area contributed by atoms with Crippen LogP contribution in [0.2, 0.25) is 0 Å². The Labute approximate surface area is 84.6 Å². The Morgan fingerprint density at radius 2 is 2.14 bits per heavy atom. The second kappa shape index (κ2) is 2.72. The molecule has 78 valence electrons. The first-order chi connectivity index (χ1) is 6.68. The summed E-state index contributed by atoms with van der Waals surface area (Å²) >= 11 is 0. The van der Waals surface area contributed by atoms with E-state index in [1.807, 2.05) is 4.90 Å². The lowest BCUT2D eigenvalue weighted by molar-refractivity contribution is -0.147. The molecule has 3 heteroatoms. The van der Waals surface area contributed by atoms with Crippen LogP contribution in [0.15, 0.2) is 0 Å². The van der Waals surface area contributed by atoms with Crippen molar-refractivity contribution in [1.82, 2.24) is 4.90 Å². The summed E-state index contributed by atoms with van der Waals surface area (Å²) in [6, 6.07) is 0.266. The molecule has 0 aromatic rings. The zero-order chi connectivity index (χ0) is 9.87. The number of rotatable bonds is 1. The van der Waals surface area contributed by atoms with Gasteiger partial charge in [0.2, 0.25) is 5.91 Å². The van der Waals surface area contributed by atoms with Gasteiger partial charge in [-0.05, 0) is 38.0 Å². The number of amides is 1. The fourth-order valence-corrected chi connectivity index (χ4v) is 3.83. The molecule has 0 radical (unpaired) electrons. The highest BCUT2D eigenvalue weighted by Crippen LogP contribution is 2.55. The van der Waals surface area contributed by atoms with E-state index in [9.17, 15) is 4.79 Å². The molecular formula is C11H18N2O. The van der Waals surface area contributed by atoms with Crippen LogP contribution in [0.5, 0.6) is 0 Å². The van der Waals surface area contributed by atoms with Gasteiger partial charge in [-0.15, -0.1) is 0 Å². The molecule has 2 aliphatic carbocycles. The summed E-state index contributed by atoms with van der Waals surface area (Å²) in [7, 11) is 0. The van der Waals surface area contributed by atoms with E-state index in [-0.39, 0.29) is 11.9 Å². The Morgan fingerprint density at radius 3 is 2.79 bits per heavy atom. The smallest absolute Gasteiger partial charge is 0.239 e. The van der Waals surface area contributed by atoms with E-state index in [4.69, 9.17) is 5.73 Å². The molecule has 5 atom stereocenters. The molecule has 1 heterocycles. The summed E-state index contributed by atoms with van der Waals surface area (Å²) in [6.07, 6.45) is 4.12. The van der Waals surface area contributed by atoms with Gasteiger partial charge in [-0.1, -0.05) is 0 Å². The lowest BCUT2D eigenvalue weighted by Gasteiger charge is -2.51. The molecule has 3 rings (SSSR count). The van der Waals surface area contributed by atoms with Crippen molar-refractivity contribution in [3.05, 3.63) is 0 Å². The molecule has 14 heavy (non-hydrogen) atoms. The van der Waals surface area contributed by atoms with Gasteiger partial charge in [-0.25, -0.2) is 0 Å². The molecule has 1 aliphatic heterocycles. The third-order valence-electron chi connectivity index (χ3n) is 4.48. The third kappa shape index (κ3) is 0.937. The van der Waals surface area contributed by atoms with Crippen molar-refractivity contribution < 1.29 is 4.79 Å². The summed E-state index contributed by atoms with van der Waals surface area (Å²) in [5.41, 5.74) is 5.64. The Bertz CT molecular complexity index is 274. The Kier molecular flexibility index (Phi) is 1.69. The number of carbonyl (C=O) groups is 1. The normalized spacial score (nSPS) is 46.0. The second-order valence-electron chi connectivity index (χ2n) is 5.27. The number of hydrogen-bond acceptors (Lipinski definition) is 2. The SMILES string of the molecule is C[C@H](N)C(=O)N1CC2C3CCC(C3)C21. The monoisotopic (exact) mass is 194 g/mol. The number of hydrogen-bond donors (Lipinski definition) is 1. The van der Waals surface area contributed by atoms with Crippen LogP contribution < -0.4 is 5.73 Å². The molecule has 3 nitrogen and oxygen atoms in total. The van der Waals surface area contributed by atoms with E-state index in [0.29, 0.717) is 6.04 Å². The third-order valence-corrected chi connectivity index (χ3v) is 4.48. The van der Waals surface area contributed by atoms with Gasteiger partial charge in [0, 0.05) is 18.5 Å². The van der Waals surface area contributed by atoms with Crippen LogP contribution >= 0.6 is 0 Å². The minimum atomic E-state index is -0.310. The summed E-state index contributed by atoms with van der Waals surface area (Å²) in [5, 5.41) is 0. The van der Waals surface area contributed by atoms with Gasteiger partial charge in [-0.3, -0.25) is 4.79 Å². The number of fused-ring (bicyclic) bond motifs is 5. The average Bonchev–Trinajstić information content (AvgIpc) is 2.59. The Hall–Kier alpha value is -0.570. The molecule has 0 spiro atoms. The minimum Gasteiger partial charge on any atom is -0.337 e. The van der Waals surface area contributed by atoms with Crippen LogP contribution in [0.1, 0.15) is 26.2 Å². The van der Waals surface area contributed by atoms with Crippen LogP contribution in [0.3, 0.4) is 0 Å². The topological polar surface area (TPSA) is 46.3 Å².